The van der Waals surface area contributed by atoms with E-state index in [1.807, 2.05) is 65.0 Å². The molecule has 2 bridgehead atoms. The first-order chi connectivity index (χ1) is 34.5. The van der Waals surface area contributed by atoms with Crippen LogP contribution in [0.25, 0.3) is 0 Å². The van der Waals surface area contributed by atoms with Crippen molar-refractivity contribution in [3.8, 4) is 0 Å². The summed E-state index contributed by atoms with van der Waals surface area (Å²) in [5, 5.41) is 23.5. The first-order valence-electron chi connectivity index (χ1n) is 26.9. The van der Waals surface area contributed by atoms with Crippen LogP contribution in [0.4, 0.5) is 0 Å². The molecular formula is C56H90NO15P. The van der Waals surface area contributed by atoms with E-state index in [1.54, 1.807) is 41.1 Å². The van der Waals surface area contributed by atoms with Crippen molar-refractivity contribution in [2.45, 2.75) is 200 Å². The lowest BCUT2D eigenvalue weighted by molar-refractivity contribution is -0.265. The van der Waals surface area contributed by atoms with Crippen molar-refractivity contribution in [1.29, 1.82) is 0 Å². The van der Waals surface area contributed by atoms with Crippen molar-refractivity contribution < 1.29 is 71.5 Å². The van der Waals surface area contributed by atoms with Crippen molar-refractivity contribution in [2.75, 3.05) is 41.1 Å². The van der Waals surface area contributed by atoms with Gasteiger partial charge in [0, 0.05) is 65.1 Å². The van der Waals surface area contributed by atoms with Gasteiger partial charge in [0.05, 0.1) is 31.0 Å². The summed E-state index contributed by atoms with van der Waals surface area (Å²) < 4.78 is 54.7. The van der Waals surface area contributed by atoms with E-state index in [9.17, 15) is 38.8 Å². The van der Waals surface area contributed by atoms with E-state index in [4.69, 9.17) is 32.7 Å². The fourth-order valence-electron chi connectivity index (χ4n) is 10.9. The maximum absolute atomic E-state index is 14.6. The molecule has 0 spiro atoms. The number of ether oxygens (including phenoxy) is 5. The minimum Gasteiger partial charge on any atom is -0.460 e. The molecule has 3 heterocycles. The maximum atomic E-state index is 14.6. The molecule has 16 atom stereocenters. The zero-order valence-electron chi connectivity index (χ0n) is 46.0. The summed E-state index contributed by atoms with van der Waals surface area (Å²) in [6.07, 6.45) is 12.5. The molecule has 414 valence electrons. The number of methoxy groups -OCH3 is 3. The Hall–Kier alpha value is -3.18. The topological polar surface area (TPSA) is 211 Å². The third-order valence-electron chi connectivity index (χ3n) is 15.6. The first-order valence-corrected chi connectivity index (χ1v) is 28.9. The Morgan fingerprint density at radius 3 is 2.27 bits per heavy atom. The van der Waals surface area contributed by atoms with Crippen LogP contribution < -0.4 is 0 Å². The zero-order chi connectivity index (χ0) is 54.2. The first kappa shape index (κ1) is 62.4. The summed E-state index contributed by atoms with van der Waals surface area (Å²) >= 11 is 0. The Morgan fingerprint density at radius 2 is 1.60 bits per heavy atom. The zero-order valence-corrected chi connectivity index (χ0v) is 46.9. The molecule has 2 N–H and O–H groups in total. The predicted octanol–water partition coefficient (Wildman–Crippen LogP) is 8.84. The number of cyclic esters (lactones) is 1. The van der Waals surface area contributed by atoms with Crippen molar-refractivity contribution in [2.24, 2.45) is 35.5 Å². The van der Waals surface area contributed by atoms with Gasteiger partial charge in [-0.15, -0.1) is 0 Å². The number of aliphatic hydroxyl groups is 2. The minimum absolute atomic E-state index is 0.00627. The summed E-state index contributed by atoms with van der Waals surface area (Å²) in [5.74, 6) is -8.25. The number of carbonyl (C=O) groups is 5. The number of carbonyl (C=O) groups excluding carboxylic acids is 5. The highest BCUT2D eigenvalue weighted by molar-refractivity contribution is 7.53. The number of nitrogens with zero attached hydrogens (tertiary/aromatic N) is 1. The van der Waals surface area contributed by atoms with Crippen LogP contribution in [0.15, 0.2) is 47.6 Å². The number of hydrogen-bond acceptors (Lipinski definition) is 15. The Bertz CT molecular complexity index is 2020. The molecule has 0 aromatic carbocycles. The van der Waals surface area contributed by atoms with E-state index >= 15 is 0 Å². The molecule has 4 rings (SSSR count). The highest BCUT2D eigenvalue weighted by Gasteiger charge is 2.53. The number of rotatable bonds is 12. The summed E-state index contributed by atoms with van der Waals surface area (Å²) in [6, 6.07) is -1.17. The van der Waals surface area contributed by atoms with Gasteiger partial charge in [0.15, 0.2) is 5.78 Å². The highest BCUT2D eigenvalue weighted by Crippen LogP contribution is 2.49. The Balaban J connectivity index is 1.68. The number of amides is 1. The molecule has 3 aliphatic heterocycles. The van der Waals surface area contributed by atoms with Crippen LogP contribution in [0, 0.1) is 35.5 Å². The average Bonchev–Trinajstić information content (AvgIpc) is 3.35. The van der Waals surface area contributed by atoms with Crippen LogP contribution in [0.1, 0.15) is 145 Å². The van der Waals surface area contributed by atoms with Crippen LogP contribution in [0.5, 0.6) is 0 Å². The monoisotopic (exact) mass is 1050 g/mol. The lowest BCUT2D eigenvalue weighted by Gasteiger charge is -2.42. The standard InChI is InChI=1S/C56H90NO15P/c1-13-14-28-69-73(12,65)72-46-26-24-42(32-49(46)67-10)31-38(5)48-34-45(58)37(4)30-40(7)51(60)52(68-11)50(59)39(6)29-35(2)20-16-15-17-21-36(3)47(66-9)33-43-25-23-41(8)56(64,71-43)53(61)54(62)57-27-19-18-22-44(57)55(63)70-48/h15-17,20-21,30,35,37-39,41-44,46-49,51-52,60,64H,13-14,18-19,22-29,31-34H2,1-12H3/b17-15+,20-16+,36-21+,40-30+/t35-,37-,38-,39-,41-,42?,43+,44+,46-,47+,48?,49-,51-,52+,56-,73?/m1/s1. The van der Waals surface area contributed by atoms with Crippen molar-refractivity contribution in [3.05, 3.63) is 47.6 Å². The van der Waals surface area contributed by atoms with Gasteiger partial charge < -0.3 is 47.8 Å². The minimum atomic E-state index is -3.35. The quantitative estimate of drug-likeness (QED) is 0.0615. The molecule has 3 unspecified atom stereocenters. The lowest BCUT2D eigenvalue weighted by Crippen LogP contribution is -2.61. The molecule has 1 saturated carbocycles. The molecule has 16 nitrogen and oxygen atoms in total. The molecule has 17 heteroatoms. The van der Waals surface area contributed by atoms with E-state index in [1.165, 1.54) is 18.7 Å². The fraction of sp³-hybridized carbons (Fsp3) is 0.768. The maximum Gasteiger partial charge on any atom is 0.329 e. The number of esters is 1. The van der Waals surface area contributed by atoms with Crippen LogP contribution in [0.2, 0.25) is 0 Å². The van der Waals surface area contributed by atoms with Crippen LogP contribution in [-0.4, -0.2) is 140 Å². The molecule has 4 aliphatic rings. The van der Waals surface area contributed by atoms with E-state index in [-0.39, 0.29) is 42.8 Å². The molecule has 2 saturated heterocycles. The largest absolute Gasteiger partial charge is 0.460 e. The van der Waals surface area contributed by atoms with Crippen LogP contribution in [0.3, 0.4) is 0 Å². The fourth-order valence-corrected chi connectivity index (χ4v) is 12.1. The molecule has 3 fully saturated rings. The Kier molecular flexibility index (Phi) is 25.1. The molecule has 0 aromatic rings. The number of piperidine rings is 1. The Morgan fingerprint density at radius 1 is 0.877 bits per heavy atom. The summed E-state index contributed by atoms with van der Waals surface area (Å²) in [6.45, 7) is 16.5. The van der Waals surface area contributed by atoms with Gasteiger partial charge in [-0.3, -0.25) is 23.7 Å². The summed E-state index contributed by atoms with van der Waals surface area (Å²) in [7, 11) is 1.19. The SMILES string of the molecule is CCCCOP(C)(=O)O[C@@H]1CCC(C[C@@H](C)C2CC(=O)[C@H](C)/C=C(\C)[C@@H](O)[C@@H](OC)C(=O)[C@H](C)C[C@H](C)/C=C/C=C/C=C(\C)[C@@H](OC)C[C@@H]3CC[C@@H](C)[C@@](O)(O3)C(=O)C(=O)N3CCCC[C@H]3C(=O)O2)C[C@H]1OC. The Labute approximate surface area is 435 Å². The molecule has 73 heavy (non-hydrogen) atoms. The molecule has 0 aromatic heterocycles. The van der Waals surface area contributed by atoms with Gasteiger partial charge >= 0.3 is 13.6 Å². The van der Waals surface area contributed by atoms with Gasteiger partial charge in [-0.2, -0.15) is 0 Å². The number of ketones is 3. The van der Waals surface area contributed by atoms with E-state index < -0.39 is 103 Å². The van der Waals surface area contributed by atoms with E-state index in [0.29, 0.717) is 76.4 Å². The van der Waals surface area contributed by atoms with Gasteiger partial charge in [-0.1, -0.05) is 84.4 Å². The highest BCUT2D eigenvalue weighted by atomic mass is 31.2. The third-order valence-corrected chi connectivity index (χ3v) is 16.9. The van der Waals surface area contributed by atoms with Crippen molar-refractivity contribution >= 4 is 36.8 Å². The smallest absolute Gasteiger partial charge is 0.329 e. The number of hydrogen-bond donors (Lipinski definition) is 2. The number of unbranched alkanes of at least 4 members (excludes halogenated alkanes) is 1. The number of Topliss-reactive ketones (excluding diaryl/α,β-unsaturated/α-hetero) is 3. The van der Waals surface area contributed by atoms with Gasteiger partial charge in [-0.05, 0) is 113 Å². The van der Waals surface area contributed by atoms with E-state index in [0.717, 1.165) is 18.4 Å². The van der Waals surface area contributed by atoms with Crippen LogP contribution >= 0.6 is 7.60 Å². The van der Waals surface area contributed by atoms with Gasteiger partial charge in [0.1, 0.15) is 30.1 Å². The number of aliphatic hydroxyl groups excluding tert-OH is 1. The second-order valence-electron chi connectivity index (χ2n) is 21.6. The normalized spacial score (nSPS) is 38.2. The number of fused-ring (bicyclic) bond motifs is 3. The predicted molar refractivity (Wildman–Crippen MR) is 278 cm³/mol. The second-order valence-corrected chi connectivity index (χ2v) is 23.6. The van der Waals surface area contributed by atoms with Crippen molar-refractivity contribution in [1.82, 2.24) is 4.90 Å². The van der Waals surface area contributed by atoms with Crippen molar-refractivity contribution in [3.63, 3.8) is 0 Å². The van der Waals surface area contributed by atoms with E-state index in [2.05, 4.69) is 0 Å². The van der Waals surface area contributed by atoms with Gasteiger partial charge in [0.25, 0.3) is 11.7 Å². The molecule has 0 radical (unpaired) electrons. The van der Waals surface area contributed by atoms with Gasteiger partial charge in [0.2, 0.25) is 5.79 Å². The average molecular weight is 1050 g/mol. The molecular weight excluding hydrogens is 958 g/mol. The lowest BCUT2D eigenvalue weighted by atomic mass is 9.78. The molecule has 1 amide bonds. The molecule has 1 aliphatic carbocycles. The number of allylic oxidation sites excluding steroid dienone is 6. The third kappa shape index (κ3) is 17.7. The second kappa shape index (κ2) is 29.4. The van der Waals surface area contributed by atoms with Gasteiger partial charge in [-0.25, -0.2) is 4.79 Å². The summed E-state index contributed by atoms with van der Waals surface area (Å²) in [5.41, 5.74) is 1.25. The summed E-state index contributed by atoms with van der Waals surface area (Å²) in [4.78, 5) is 72.5. The van der Waals surface area contributed by atoms with Crippen LogP contribution in [-0.2, 0) is 61.3 Å².